The first kappa shape index (κ1) is 19.9. The fourth-order valence-electron chi connectivity index (χ4n) is 2.88. The summed E-state index contributed by atoms with van der Waals surface area (Å²) in [5, 5.41) is 0.0401. The van der Waals surface area contributed by atoms with Crippen LogP contribution < -0.4 is 10.5 Å². The molecule has 28 heavy (non-hydrogen) atoms. The molecule has 6 heteroatoms. The van der Waals surface area contributed by atoms with Crippen LogP contribution in [0.4, 0.5) is 11.4 Å². The van der Waals surface area contributed by atoms with E-state index in [1.807, 2.05) is 74.5 Å². The van der Waals surface area contributed by atoms with E-state index in [0.29, 0.717) is 5.16 Å². The van der Waals surface area contributed by atoms with Crippen molar-refractivity contribution in [2.75, 3.05) is 4.90 Å². The van der Waals surface area contributed by atoms with Crippen molar-refractivity contribution in [1.29, 1.82) is 0 Å². The van der Waals surface area contributed by atoms with Crippen LogP contribution in [0.2, 0.25) is 0 Å². The van der Waals surface area contributed by atoms with Crippen LogP contribution in [0.1, 0.15) is 26.0 Å². The van der Waals surface area contributed by atoms with Crippen molar-refractivity contribution in [3.8, 4) is 0 Å². The van der Waals surface area contributed by atoms with E-state index in [0.717, 1.165) is 29.9 Å². The molecule has 0 saturated heterocycles. The van der Waals surface area contributed by atoms with Crippen molar-refractivity contribution >= 4 is 29.0 Å². The van der Waals surface area contributed by atoms with Gasteiger partial charge in [0.1, 0.15) is 0 Å². The Balaban J connectivity index is 1.88. The molecular formula is C22H23N3O2S. The van der Waals surface area contributed by atoms with Crippen LogP contribution in [0, 0.1) is 0 Å². The normalized spacial score (nSPS) is 11.8. The molecule has 0 bridgehead atoms. The Morgan fingerprint density at radius 2 is 1.64 bits per heavy atom. The summed E-state index contributed by atoms with van der Waals surface area (Å²) in [6, 6.07) is 20.6. The van der Waals surface area contributed by atoms with E-state index in [4.69, 9.17) is 0 Å². The molecule has 0 saturated carbocycles. The number of H-pyrrole nitrogens is 1. The first-order valence-corrected chi connectivity index (χ1v) is 10.2. The molecule has 0 radical (unpaired) electrons. The van der Waals surface area contributed by atoms with E-state index < -0.39 is 5.25 Å². The van der Waals surface area contributed by atoms with Crippen LogP contribution in [0.5, 0.6) is 0 Å². The number of aryl methyl sites for hydroxylation is 1. The molecule has 1 amide bonds. The number of nitrogens with zero attached hydrogens (tertiary/aromatic N) is 2. The highest BCUT2D eigenvalue weighted by atomic mass is 32.2. The van der Waals surface area contributed by atoms with Gasteiger partial charge in [-0.3, -0.25) is 14.5 Å². The quantitative estimate of drug-likeness (QED) is 0.472. The summed E-state index contributed by atoms with van der Waals surface area (Å²) in [6.07, 6.45) is 1.64. The second kappa shape index (κ2) is 9.37. The Bertz CT molecular complexity index is 934. The van der Waals surface area contributed by atoms with Crippen molar-refractivity contribution in [3.05, 3.63) is 82.8 Å². The Labute approximate surface area is 168 Å². The molecular weight excluding hydrogens is 370 g/mol. The zero-order valence-electron chi connectivity index (χ0n) is 16.0. The number of aromatic amines is 1. The molecule has 0 fully saturated rings. The predicted molar refractivity (Wildman–Crippen MR) is 114 cm³/mol. The molecule has 3 rings (SSSR count). The molecule has 3 aromatic rings. The van der Waals surface area contributed by atoms with Gasteiger partial charge < -0.3 is 4.98 Å². The minimum absolute atomic E-state index is 0.0778. The highest BCUT2D eigenvalue weighted by Gasteiger charge is 2.25. The first-order valence-electron chi connectivity index (χ1n) is 9.29. The van der Waals surface area contributed by atoms with Gasteiger partial charge in [-0.05, 0) is 37.6 Å². The average Bonchev–Trinajstić information content (AvgIpc) is 2.69. The van der Waals surface area contributed by atoms with E-state index in [9.17, 15) is 9.59 Å². The van der Waals surface area contributed by atoms with Crippen molar-refractivity contribution in [2.24, 2.45) is 0 Å². The lowest BCUT2D eigenvalue weighted by Crippen LogP contribution is -2.33. The monoisotopic (exact) mass is 393 g/mol. The topological polar surface area (TPSA) is 66.1 Å². The van der Waals surface area contributed by atoms with Gasteiger partial charge >= 0.3 is 0 Å². The smallest absolute Gasteiger partial charge is 0.251 e. The number of hydrogen-bond donors (Lipinski definition) is 1. The van der Waals surface area contributed by atoms with Crippen LogP contribution >= 0.6 is 11.8 Å². The van der Waals surface area contributed by atoms with E-state index >= 15 is 0 Å². The van der Waals surface area contributed by atoms with Gasteiger partial charge in [0.15, 0.2) is 5.16 Å². The van der Waals surface area contributed by atoms with Crippen molar-refractivity contribution < 1.29 is 4.79 Å². The summed E-state index contributed by atoms with van der Waals surface area (Å²) in [4.78, 5) is 34.2. The molecule has 1 N–H and O–H groups in total. The Morgan fingerprint density at radius 3 is 2.18 bits per heavy atom. The highest BCUT2D eigenvalue weighted by molar-refractivity contribution is 8.00. The number of para-hydroxylation sites is 2. The van der Waals surface area contributed by atoms with E-state index in [-0.39, 0.29) is 11.5 Å². The molecule has 1 aromatic heterocycles. The van der Waals surface area contributed by atoms with Gasteiger partial charge in [-0.2, -0.15) is 0 Å². The molecule has 0 aliphatic carbocycles. The van der Waals surface area contributed by atoms with Gasteiger partial charge in [0.05, 0.1) is 5.25 Å². The van der Waals surface area contributed by atoms with Crippen LogP contribution in [-0.4, -0.2) is 21.1 Å². The number of hydrogen-bond acceptors (Lipinski definition) is 4. The summed E-state index contributed by atoms with van der Waals surface area (Å²) < 4.78 is 0. The summed E-state index contributed by atoms with van der Waals surface area (Å²) in [5.74, 6) is -0.0778. The number of aromatic nitrogens is 2. The number of nitrogens with one attached hydrogen (secondary N) is 1. The molecule has 5 nitrogen and oxygen atoms in total. The number of thioether (sulfide) groups is 1. The van der Waals surface area contributed by atoms with Crippen LogP contribution in [0.15, 0.2) is 76.7 Å². The number of benzene rings is 2. The van der Waals surface area contributed by atoms with E-state index in [2.05, 4.69) is 9.97 Å². The Morgan fingerprint density at radius 1 is 1.07 bits per heavy atom. The minimum Gasteiger partial charge on any atom is -0.301 e. The summed E-state index contributed by atoms with van der Waals surface area (Å²) in [6.45, 7) is 3.87. The molecule has 0 aliphatic rings. The van der Waals surface area contributed by atoms with Crippen molar-refractivity contribution in [3.63, 3.8) is 0 Å². The SMILES string of the molecule is CCCc1cc(=O)[nH]c(SC(C)C(=O)N(c2ccccc2)c2ccccc2)n1. The number of rotatable bonds is 7. The predicted octanol–water partition coefficient (Wildman–Crippen LogP) is 4.57. The molecule has 144 valence electrons. The number of carbonyl (C=O) groups is 1. The van der Waals surface area contributed by atoms with Gasteiger partial charge in [0.25, 0.3) is 5.56 Å². The molecule has 0 aliphatic heterocycles. The first-order chi connectivity index (χ1) is 13.6. The Hall–Kier alpha value is -2.86. The van der Waals surface area contributed by atoms with Crippen molar-refractivity contribution in [2.45, 2.75) is 37.1 Å². The maximum Gasteiger partial charge on any atom is 0.251 e. The third-order valence-electron chi connectivity index (χ3n) is 4.16. The molecule has 1 unspecified atom stereocenters. The average molecular weight is 394 g/mol. The third-order valence-corrected chi connectivity index (χ3v) is 5.14. The van der Waals surface area contributed by atoms with E-state index in [1.165, 1.54) is 17.8 Å². The van der Waals surface area contributed by atoms with Crippen LogP contribution in [0.3, 0.4) is 0 Å². The maximum atomic E-state index is 13.3. The van der Waals surface area contributed by atoms with Gasteiger partial charge in [-0.1, -0.05) is 61.5 Å². The molecule has 0 spiro atoms. The summed E-state index contributed by atoms with van der Waals surface area (Å²) >= 11 is 1.27. The van der Waals surface area contributed by atoms with Gasteiger partial charge in [0.2, 0.25) is 5.91 Å². The summed E-state index contributed by atoms with van der Waals surface area (Å²) in [7, 11) is 0. The third kappa shape index (κ3) is 4.89. The van der Waals surface area contributed by atoms with Gasteiger partial charge in [-0.15, -0.1) is 0 Å². The minimum atomic E-state index is -0.430. The van der Waals surface area contributed by atoms with Gasteiger partial charge in [0, 0.05) is 23.1 Å². The fourth-order valence-corrected chi connectivity index (χ4v) is 3.75. The van der Waals surface area contributed by atoms with Gasteiger partial charge in [-0.25, -0.2) is 4.98 Å². The lowest BCUT2D eigenvalue weighted by atomic mass is 10.2. The zero-order valence-corrected chi connectivity index (χ0v) is 16.8. The second-order valence-electron chi connectivity index (χ2n) is 6.40. The van der Waals surface area contributed by atoms with Crippen LogP contribution in [-0.2, 0) is 11.2 Å². The Kier molecular flexibility index (Phi) is 6.66. The van der Waals surface area contributed by atoms with Crippen LogP contribution in [0.25, 0.3) is 0 Å². The molecule has 2 aromatic carbocycles. The maximum absolute atomic E-state index is 13.3. The standard InChI is InChI=1S/C22H23N3O2S/c1-3-10-17-15-20(26)24-22(23-17)28-16(2)21(27)25(18-11-6-4-7-12-18)19-13-8-5-9-14-19/h4-9,11-16H,3,10H2,1-2H3,(H,23,24,26). The second-order valence-corrected chi connectivity index (χ2v) is 7.73. The van der Waals surface area contributed by atoms with Crippen molar-refractivity contribution in [1.82, 2.24) is 9.97 Å². The highest BCUT2D eigenvalue weighted by Crippen LogP contribution is 2.29. The lowest BCUT2D eigenvalue weighted by Gasteiger charge is -2.25. The van der Waals surface area contributed by atoms with E-state index in [1.54, 1.807) is 4.90 Å². The number of carbonyl (C=O) groups excluding carboxylic acids is 1. The lowest BCUT2D eigenvalue weighted by molar-refractivity contribution is -0.117. The largest absolute Gasteiger partial charge is 0.301 e. The molecule has 1 heterocycles. The zero-order chi connectivity index (χ0) is 19.9. The summed E-state index contributed by atoms with van der Waals surface area (Å²) in [5.41, 5.74) is 2.15. The molecule has 1 atom stereocenters. The fraction of sp³-hybridized carbons (Fsp3) is 0.227. The number of anilines is 2. The number of amides is 1.